The molecule has 6 heteroatoms. The third-order valence-electron chi connectivity index (χ3n) is 3.24. The molecule has 0 aliphatic heterocycles. The lowest BCUT2D eigenvalue weighted by Crippen LogP contribution is -2.27. The zero-order valence-electron chi connectivity index (χ0n) is 11.0. The van der Waals surface area contributed by atoms with Crippen LogP contribution in [-0.4, -0.2) is 20.1 Å². The topological polar surface area (TPSA) is 68.0 Å². The highest BCUT2D eigenvalue weighted by Crippen LogP contribution is 2.23. The minimum Gasteiger partial charge on any atom is -0.386 e. The van der Waals surface area contributed by atoms with E-state index < -0.39 is 6.10 Å². The van der Waals surface area contributed by atoms with Crippen molar-refractivity contribution in [3.8, 4) is 0 Å². The van der Waals surface area contributed by atoms with Crippen molar-refractivity contribution in [2.45, 2.75) is 12.6 Å². The van der Waals surface area contributed by atoms with Gasteiger partial charge in [0.1, 0.15) is 11.6 Å². The van der Waals surface area contributed by atoms with Crippen LogP contribution in [0, 0.1) is 0 Å². The van der Waals surface area contributed by atoms with Gasteiger partial charge in [-0.15, -0.1) is 5.10 Å². The molecule has 0 aliphatic carbocycles. The molecular weight excluding hydrogens is 290 g/mol. The fourth-order valence-electron chi connectivity index (χ4n) is 2.15. The second-order valence-corrected chi connectivity index (χ2v) is 5.04. The van der Waals surface area contributed by atoms with E-state index in [0.717, 1.165) is 4.68 Å². The number of hydrogen-bond donors (Lipinski definition) is 1. The van der Waals surface area contributed by atoms with Crippen LogP contribution in [0.5, 0.6) is 0 Å². The first-order valence-corrected chi connectivity index (χ1v) is 6.79. The van der Waals surface area contributed by atoms with E-state index in [9.17, 15) is 9.90 Å². The predicted molar refractivity (Wildman–Crippen MR) is 80.2 cm³/mol. The predicted octanol–water partition coefficient (Wildman–Crippen LogP) is 2.18. The van der Waals surface area contributed by atoms with Gasteiger partial charge < -0.3 is 5.11 Å². The number of aliphatic hydroxyl groups is 1. The van der Waals surface area contributed by atoms with Gasteiger partial charge in [0.15, 0.2) is 0 Å². The molecule has 5 nitrogen and oxygen atoms in total. The molecule has 0 saturated heterocycles. The summed E-state index contributed by atoms with van der Waals surface area (Å²) >= 11 is 6.04. The highest BCUT2D eigenvalue weighted by molar-refractivity contribution is 6.31. The van der Waals surface area contributed by atoms with E-state index in [0.29, 0.717) is 21.5 Å². The third-order valence-corrected chi connectivity index (χ3v) is 3.58. The smallest absolute Gasteiger partial charge is 0.277 e. The van der Waals surface area contributed by atoms with E-state index in [2.05, 4.69) is 10.3 Å². The van der Waals surface area contributed by atoms with Crippen LogP contribution in [0.15, 0.2) is 53.3 Å². The lowest BCUT2D eigenvalue weighted by molar-refractivity contribution is 0.148. The molecule has 0 radical (unpaired) electrons. The number of rotatable bonds is 3. The number of aromatic nitrogens is 3. The van der Waals surface area contributed by atoms with Gasteiger partial charge in [-0.25, -0.2) is 4.68 Å². The van der Waals surface area contributed by atoms with Crippen LogP contribution in [0.25, 0.3) is 10.9 Å². The Morgan fingerprint density at radius 3 is 2.67 bits per heavy atom. The number of nitrogens with zero attached hydrogens (tertiary/aromatic N) is 3. The molecular formula is C15H12ClN3O2. The average molecular weight is 302 g/mol. The Morgan fingerprint density at radius 1 is 1.14 bits per heavy atom. The van der Waals surface area contributed by atoms with Crippen molar-refractivity contribution in [3.63, 3.8) is 0 Å². The molecule has 1 heterocycles. The standard InChI is InChI=1S/C15H12ClN3O2/c16-12-7-3-1-5-10(12)14(20)9-19-15(21)11-6-2-4-8-13(11)17-18-19/h1-8,14,20H,9H2. The zero-order valence-corrected chi connectivity index (χ0v) is 11.7. The molecule has 106 valence electrons. The Balaban J connectivity index is 1.97. The SMILES string of the molecule is O=c1c2ccccc2nnn1CC(O)c1ccccc1Cl. The molecule has 0 spiro atoms. The fraction of sp³-hybridized carbons (Fsp3) is 0.133. The lowest BCUT2D eigenvalue weighted by atomic mass is 10.1. The second-order valence-electron chi connectivity index (χ2n) is 4.63. The van der Waals surface area contributed by atoms with Crippen molar-refractivity contribution in [2.75, 3.05) is 0 Å². The molecule has 0 fully saturated rings. The van der Waals surface area contributed by atoms with Crippen LogP contribution in [0.2, 0.25) is 5.02 Å². The van der Waals surface area contributed by atoms with Crippen LogP contribution >= 0.6 is 11.6 Å². The molecule has 1 unspecified atom stereocenters. The zero-order chi connectivity index (χ0) is 14.8. The van der Waals surface area contributed by atoms with E-state index in [1.54, 1.807) is 48.5 Å². The quantitative estimate of drug-likeness (QED) is 0.805. The van der Waals surface area contributed by atoms with Crippen LogP contribution in [0.3, 0.4) is 0 Å². The summed E-state index contributed by atoms with van der Waals surface area (Å²) in [5, 5.41) is 19.0. The van der Waals surface area contributed by atoms with Gasteiger partial charge in [0.2, 0.25) is 0 Å². The van der Waals surface area contributed by atoms with Crippen molar-refractivity contribution in [1.82, 2.24) is 15.0 Å². The largest absolute Gasteiger partial charge is 0.386 e. The monoisotopic (exact) mass is 301 g/mol. The Labute approximate surface area is 125 Å². The first-order chi connectivity index (χ1) is 10.2. The number of halogens is 1. The van der Waals surface area contributed by atoms with Gasteiger partial charge in [0, 0.05) is 10.6 Å². The van der Waals surface area contributed by atoms with Crippen LogP contribution in [-0.2, 0) is 6.54 Å². The van der Waals surface area contributed by atoms with E-state index in [1.165, 1.54) is 0 Å². The van der Waals surface area contributed by atoms with E-state index in [-0.39, 0.29) is 12.1 Å². The van der Waals surface area contributed by atoms with Crippen molar-refractivity contribution >= 4 is 22.5 Å². The van der Waals surface area contributed by atoms with E-state index in [4.69, 9.17) is 11.6 Å². The van der Waals surface area contributed by atoms with Crippen LogP contribution < -0.4 is 5.56 Å². The molecule has 0 amide bonds. The number of benzene rings is 2. The molecule has 1 N–H and O–H groups in total. The van der Waals surface area contributed by atoms with Crippen molar-refractivity contribution in [1.29, 1.82) is 0 Å². The van der Waals surface area contributed by atoms with E-state index >= 15 is 0 Å². The fourth-order valence-corrected chi connectivity index (χ4v) is 2.41. The number of aliphatic hydroxyl groups excluding tert-OH is 1. The van der Waals surface area contributed by atoms with Crippen LogP contribution in [0.1, 0.15) is 11.7 Å². The van der Waals surface area contributed by atoms with Crippen molar-refractivity contribution in [2.24, 2.45) is 0 Å². The summed E-state index contributed by atoms with van der Waals surface area (Å²) in [7, 11) is 0. The highest BCUT2D eigenvalue weighted by atomic mass is 35.5. The third kappa shape index (κ3) is 2.66. The first-order valence-electron chi connectivity index (χ1n) is 6.42. The van der Waals surface area contributed by atoms with Gasteiger partial charge in [-0.3, -0.25) is 4.79 Å². The maximum absolute atomic E-state index is 12.3. The molecule has 21 heavy (non-hydrogen) atoms. The maximum atomic E-state index is 12.3. The van der Waals surface area contributed by atoms with E-state index in [1.807, 2.05) is 0 Å². The summed E-state index contributed by atoms with van der Waals surface area (Å²) in [6.07, 6.45) is -0.924. The minimum atomic E-state index is -0.924. The summed E-state index contributed by atoms with van der Waals surface area (Å²) in [5.74, 6) is 0. The van der Waals surface area contributed by atoms with Crippen LogP contribution in [0.4, 0.5) is 0 Å². The summed E-state index contributed by atoms with van der Waals surface area (Å²) < 4.78 is 1.15. The molecule has 1 atom stereocenters. The normalized spacial score (nSPS) is 12.5. The maximum Gasteiger partial charge on any atom is 0.277 e. The van der Waals surface area contributed by atoms with Gasteiger partial charge in [-0.05, 0) is 18.2 Å². The van der Waals surface area contributed by atoms with Gasteiger partial charge in [-0.2, -0.15) is 0 Å². The molecule has 0 saturated carbocycles. The Morgan fingerprint density at radius 2 is 1.86 bits per heavy atom. The van der Waals surface area contributed by atoms with Gasteiger partial charge in [-0.1, -0.05) is 47.1 Å². The molecule has 2 aromatic carbocycles. The summed E-state index contributed by atoms with van der Waals surface area (Å²) in [5.41, 5.74) is 0.804. The molecule has 0 aliphatic rings. The van der Waals surface area contributed by atoms with Gasteiger partial charge in [0.05, 0.1) is 11.9 Å². The lowest BCUT2D eigenvalue weighted by Gasteiger charge is -2.13. The average Bonchev–Trinajstić information content (AvgIpc) is 2.51. The summed E-state index contributed by atoms with van der Waals surface area (Å²) in [6.45, 7) is 0.000398. The number of hydrogen-bond acceptors (Lipinski definition) is 4. The highest BCUT2D eigenvalue weighted by Gasteiger charge is 2.14. The molecule has 3 rings (SSSR count). The summed E-state index contributed by atoms with van der Waals surface area (Å²) in [4.78, 5) is 12.3. The van der Waals surface area contributed by atoms with Crippen molar-refractivity contribution in [3.05, 3.63) is 69.5 Å². The van der Waals surface area contributed by atoms with Crippen molar-refractivity contribution < 1.29 is 5.11 Å². The Hall–Kier alpha value is -2.24. The Bertz CT molecular complexity index is 847. The molecule has 3 aromatic rings. The Kier molecular flexibility index (Phi) is 3.68. The first kappa shape index (κ1) is 13.7. The second kappa shape index (κ2) is 5.63. The molecule has 0 bridgehead atoms. The minimum absolute atomic E-state index is 0.000398. The number of fused-ring (bicyclic) bond motifs is 1. The van der Waals surface area contributed by atoms with Gasteiger partial charge in [0.25, 0.3) is 5.56 Å². The summed E-state index contributed by atoms with van der Waals surface area (Å²) in [6, 6.07) is 13.9. The van der Waals surface area contributed by atoms with Gasteiger partial charge >= 0.3 is 0 Å². The molecule has 1 aromatic heterocycles.